The molecule has 0 spiro atoms. The molecule has 2 N–H and O–H groups in total. The summed E-state index contributed by atoms with van der Waals surface area (Å²) in [4.78, 5) is 13.1. The van der Waals surface area contributed by atoms with Crippen LogP contribution in [-0.4, -0.2) is 46.5 Å². The average molecular weight is 357 g/mol. The summed E-state index contributed by atoms with van der Waals surface area (Å²) in [6, 6.07) is 8.49. The highest BCUT2D eigenvalue weighted by Crippen LogP contribution is 2.42. The van der Waals surface area contributed by atoms with Gasteiger partial charge in [0.1, 0.15) is 17.0 Å². The summed E-state index contributed by atoms with van der Waals surface area (Å²) >= 11 is 1.69. The van der Waals surface area contributed by atoms with E-state index in [1.54, 1.807) is 17.7 Å². The van der Waals surface area contributed by atoms with E-state index in [2.05, 4.69) is 48.1 Å². The Hall–Kier alpha value is -2.02. The van der Waals surface area contributed by atoms with Crippen LogP contribution in [0.25, 0.3) is 21.3 Å². The van der Waals surface area contributed by atoms with Gasteiger partial charge in [0.2, 0.25) is 0 Å². The summed E-state index contributed by atoms with van der Waals surface area (Å²) in [5, 5.41) is 19.8. The first-order valence-electron chi connectivity index (χ1n) is 8.49. The molecule has 0 saturated carbocycles. The maximum atomic E-state index is 9.40. The van der Waals surface area contributed by atoms with E-state index < -0.39 is 0 Å². The Morgan fingerprint density at radius 3 is 2.32 bits per heavy atom. The van der Waals surface area contributed by atoms with Gasteiger partial charge in [0, 0.05) is 23.5 Å². The lowest BCUT2D eigenvalue weighted by Gasteiger charge is -2.22. The molecule has 0 unspecified atom stereocenters. The van der Waals surface area contributed by atoms with Gasteiger partial charge in [-0.1, -0.05) is 36.8 Å². The highest BCUT2D eigenvalue weighted by molar-refractivity contribution is 7.19. The predicted octanol–water partition coefficient (Wildman–Crippen LogP) is 3.02. The standard InChI is InChI=1S/C19H23N3O2S/c1-3-15-16(14-6-4-13(2)5-7-14)17-18(20-12-21-19(17)25-15)22(8-10-23)9-11-24/h4-7,12,23-24H,3,8-11H2,1-2H3. The summed E-state index contributed by atoms with van der Waals surface area (Å²) in [5.41, 5.74) is 3.54. The molecular weight excluding hydrogens is 334 g/mol. The van der Waals surface area contributed by atoms with Crippen LogP contribution in [0.5, 0.6) is 0 Å². The van der Waals surface area contributed by atoms with E-state index in [1.165, 1.54) is 16.0 Å². The largest absolute Gasteiger partial charge is 0.395 e. The molecule has 1 aromatic carbocycles. The molecular formula is C19H23N3O2S. The zero-order valence-corrected chi connectivity index (χ0v) is 15.4. The number of aliphatic hydroxyl groups is 2. The van der Waals surface area contributed by atoms with Gasteiger partial charge in [-0.3, -0.25) is 0 Å². The normalized spacial score (nSPS) is 11.2. The van der Waals surface area contributed by atoms with Crippen LogP contribution in [0.3, 0.4) is 0 Å². The van der Waals surface area contributed by atoms with E-state index in [-0.39, 0.29) is 13.2 Å². The molecule has 0 fully saturated rings. The van der Waals surface area contributed by atoms with Crippen LogP contribution in [0.2, 0.25) is 0 Å². The van der Waals surface area contributed by atoms with Gasteiger partial charge in [-0.15, -0.1) is 11.3 Å². The molecule has 3 aromatic rings. The van der Waals surface area contributed by atoms with Gasteiger partial charge in [0.15, 0.2) is 0 Å². The lowest BCUT2D eigenvalue weighted by Crippen LogP contribution is -2.30. The lowest BCUT2D eigenvalue weighted by atomic mass is 10.0. The fourth-order valence-electron chi connectivity index (χ4n) is 3.04. The van der Waals surface area contributed by atoms with Crippen LogP contribution >= 0.6 is 11.3 Å². The zero-order valence-electron chi connectivity index (χ0n) is 14.6. The number of aliphatic hydroxyl groups excluding tert-OH is 2. The molecule has 6 heteroatoms. The topological polar surface area (TPSA) is 69.5 Å². The Labute approximate surface area is 151 Å². The Kier molecular flexibility index (Phi) is 5.63. The molecule has 0 amide bonds. The van der Waals surface area contributed by atoms with Crippen LogP contribution in [0, 0.1) is 6.92 Å². The van der Waals surface area contributed by atoms with Crippen LogP contribution in [0.4, 0.5) is 5.82 Å². The van der Waals surface area contributed by atoms with Crippen molar-refractivity contribution in [3.8, 4) is 11.1 Å². The third-order valence-electron chi connectivity index (χ3n) is 4.24. The fraction of sp³-hybridized carbons (Fsp3) is 0.368. The van der Waals surface area contributed by atoms with Gasteiger partial charge in [-0.2, -0.15) is 0 Å². The smallest absolute Gasteiger partial charge is 0.141 e. The minimum Gasteiger partial charge on any atom is -0.395 e. The number of nitrogens with zero attached hydrogens (tertiary/aromatic N) is 3. The maximum absolute atomic E-state index is 9.40. The number of aryl methyl sites for hydroxylation is 2. The quantitative estimate of drug-likeness (QED) is 0.680. The number of rotatable bonds is 7. The van der Waals surface area contributed by atoms with Crippen molar-refractivity contribution in [2.75, 3.05) is 31.2 Å². The van der Waals surface area contributed by atoms with E-state index >= 15 is 0 Å². The summed E-state index contributed by atoms with van der Waals surface area (Å²) < 4.78 is 0. The van der Waals surface area contributed by atoms with Gasteiger partial charge < -0.3 is 15.1 Å². The Balaban J connectivity index is 2.25. The van der Waals surface area contributed by atoms with Crippen molar-refractivity contribution in [3.05, 3.63) is 41.0 Å². The van der Waals surface area contributed by atoms with Crippen molar-refractivity contribution in [3.63, 3.8) is 0 Å². The highest BCUT2D eigenvalue weighted by atomic mass is 32.1. The van der Waals surface area contributed by atoms with E-state index in [9.17, 15) is 10.2 Å². The van der Waals surface area contributed by atoms with Crippen molar-refractivity contribution < 1.29 is 10.2 Å². The summed E-state index contributed by atoms with van der Waals surface area (Å²) in [6.45, 7) is 5.10. The van der Waals surface area contributed by atoms with Crippen LogP contribution in [0.15, 0.2) is 30.6 Å². The van der Waals surface area contributed by atoms with Gasteiger partial charge in [-0.25, -0.2) is 9.97 Å². The van der Waals surface area contributed by atoms with Gasteiger partial charge in [0.05, 0.1) is 18.6 Å². The van der Waals surface area contributed by atoms with Gasteiger partial charge >= 0.3 is 0 Å². The van der Waals surface area contributed by atoms with Crippen molar-refractivity contribution in [1.29, 1.82) is 0 Å². The van der Waals surface area contributed by atoms with Crippen molar-refractivity contribution in [2.45, 2.75) is 20.3 Å². The molecule has 0 radical (unpaired) electrons. The first-order chi connectivity index (χ1) is 12.2. The Morgan fingerprint density at radius 1 is 1.04 bits per heavy atom. The molecule has 0 bridgehead atoms. The summed E-state index contributed by atoms with van der Waals surface area (Å²) in [6.07, 6.45) is 2.48. The predicted molar refractivity (Wildman–Crippen MR) is 103 cm³/mol. The minimum atomic E-state index is 0.0101. The molecule has 0 aliphatic rings. The molecule has 0 atom stereocenters. The second-order valence-corrected chi connectivity index (χ2v) is 7.02. The number of anilines is 1. The third kappa shape index (κ3) is 3.51. The minimum absolute atomic E-state index is 0.0101. The van der Waals surface area contributed by atoms with Gasteiger partial charge in [-0.05, 0) is 18.9 Å². The van der Waals surface area contributed by atoms with Crippen molar-refractivity contribution in [1.82, 2.24) is 9.97 Å². The van der Waals surface area contributed by atoms with Crippen LogP contribution < -0.4 is 4.90 Å². The first kappa shape index (κ1) is 17.8. The number of hydrogen-bond donors (Lipinski definition) is 2. The average Bonchev–Trinajstić information content (AvgIpc) is 3.01. The van der Waals surface area contributed by atoms with Gasteiger partial charge in [0.25, 0.3) is 0 Å². The fourth-order valence-corrected chi connectivity index (χ4v) is 4.14. The number of thiophene rings is 1. The molecule has 2 heterocycles. The number of aromatic nitrogens is 2. The summed E-state index contributed by atoms with van der Waals surface area (Å²) in [5.74, 6) is 0.777. The first-order valence-corrected chi connectivity index (χ1v) is 9.31. The Morgan fingerprint density at radius 2 is 1.72 bits per heavy atom. The number of hydrogen-bond acceptors (Lipinski definition) is 6. The SMILES string of the molecule is CCc1sc2ncnc(N(CCO)CCO)c2c1-c1ccc(C)cc1. The second kappa shape index (κ2) is 7.91. The van der Waals surface area contributed by atoms with E-state index in [1.807, 2.05) is 4.90 Å². The molecule has 0 aliphatic carbocycles. The van der Waals surface area contributed by atoms with Crippen molar-refractivity contribution >= 4 is 27.4 Å². The molecule has 132 valence electrons. The second-order valence-electron chi connectivity index (χ2n) is 5.93. The number of fused-ring (bicyclic) bond motifs is 1. The molecule has 25 heavy (non-hydrogen) atoms. The maximum Gasteiger partial charge on any atom is 0.141 e. The monoisotopic (exact) mass is 357 g/mol. The molecule has 3 rings (SSSR count). The van der Waals surface area contributed by atoms with E-state index in [4.69, 9.17) is 0 Å². The number of benzene rings is 1. The Bertz CT molecular complexity index is 840. The van der Waals surface area contributed by atoms with E-state index in [0.29, 0.717) is 13.1 Å². The van der Waals surface area contributed by atoms with E-state index in [0.717, 1.165) is 28.0 Å². The molecule has 0 aliphatic heterocycles. The van der Waals surface area contributed by atoms with Crippen molar-refractivity contribution in [2.24, 2.45) is 0 Å². The zero-order chi connectivity index (χ0) is 17.8. The molecule has 5 nitrogen and oxygen atoms in total. The highest BCUT2D eigenvalue weighted by Gasteiger charge is 2.21. The third-order valence-corrected chi connectivity index (χ3v) is 5.48. The molecule has 2 aromatic heterocycles. The summed E-state index contributed by atoms with van der Waals surface area (Å²) in [7, 11) is 0. The van der Waals surface area contributed by atoms with Crippen LogP contribution in [-0.2, 0) is 6.42 Å². The van der Waals surface area contributed by atoms with Crippen LogP contribution in [0.1, 0.15) is 17.4 Å². The molecule has 0 saturated heterocycles. The lowest BCUT2D eigenvalue weighted by molar-refractivity contribution is 0.281.